The summed E-state index contributed by atoms with van der Waals surface area (Å²) < 4.78 is 1.14. The fraction of sp³-hybridized carbons (Fsp3) is 0.500. The molecule has 0 spiro atoms. The molecule has 0 aliphatic carbocycles. The summed E-state index contributed by atoms with van der Waals surface area (Å²) in [5, 5.41) is 0. The SMILES string of the molecule is Cc1cc(Br)c(N2CC(C)(C)C2)cc1N. The summed E-state index contributed by atoms with van der Waals surface area (Å²) in [7, 11) is 0. The van der Waals surface area contributed by atoms with E-state index in [0.717, 1.165) is 28.8 Å². The molecule has 1 fully saturated rings. The van der Waals surface area contributed by atoms with Crippen molar-refractivity contribution in [2.75, 3.05) is 23.7 Å². The summed E-state index contributed by atoms with van der Waals surface area (Å²) in [6, 6.07) is 4.16. The van der Waals surface area contributed by atoms with Crippen molar-refractivity contribution in [3.05, 3.63) is 22.2 Å². The van der Waals surface area contributed by atoms with Crippen LogP contribution < -0.4 is 10.6 Å². The van der Waals surface area contributed by atoms with E-state index in [9.17, 15) is 0 Å². The van der Waals surface area contributed by atoms with Crippen LogP contribution in [-0.2, 0) is 0 Å². The van der Waals surface area contributed by atoms with Crippen LogP contribution in [0.5, 0.6) is 0 Å². The second kappa shape index (κ2) is 3.41. The van der Waals surface area contributed by atoms with Gasteiger partial charge in [-0.05, 0) is 46.0 Å². The first-order chi connectivity index (χ1) is 6.89. The first-order valence-electron chi connectivity index (χ1n) is 5.20. The molecule has 0 unspecified atom stereocenters. The third-order valence-electron chi connectivity index (χ3n) is 2.91. The summed E-state index contributed by atoms with van der Waals surface area (Å²) in [5.41, 5.74) is 9.59. The second-order valence-electron chi connectivity index (χ2n) is 5.18. The Labute approximate surface area is 99.6 Å². The number of aryl methyl sites for hydroxylation is 1. The van der Waals surface area contributed by atoms with Gasteiger partial charge in [0, 0.05) is 23.2 Å². The van der Waals surface area contributed by atoms with Gasteiger partial charge < -0.3 is 10.6 Å². The van der Waals surface area contributed by atoms with E-state index in [1.165, 1.54) is 5.69 Å². The van der Waals surface area contributed by atoms with E-state index in [-0.39, 0.29) is 0 Å². The molecular weight excluding hydrogens is 252 g/mol. The van der Waals surface area contributed by atoms with Crippen molar-refractivity contribution in [2.45, 2.75) is 20.8 Å². The maximum Gasteiger partial charge on any atom is 0.0531 e. The van der Waals surface area contributed by atoms with Gasteiger partial charge in [0.25, 0.3) is 0 Å². The minimum Gasteiger partial charge on any atom is -0.398 e. The molecule has 2 nitrogen and oxygen atoms in total. The number of benzene rings is 1. The molecule has 0 amide bonds. The van der Waals surface area contributed by atoms with Gasteiger partial charge in [-0.2, -0.15) is 0 Å². The van der Waals surface area contributed by atoms with Crippen LogP contribution in [-0.4, -0.2) is 13.1 Å². The minimum atomic E-state index is 0.444. The number of nitrogens with zero attached hydrogens (tertiary/aromatic N) is 1. The van der Waals surface area contributed by atoms with E-state index in [0.29, 0.717) is 5.41 Å². The van der Waals surface area contributed by atoms with Gasteiger partial charge in [0.1, 0.15) is 0 Å². The lowest BCUT2D eigenvalue weighted by molar-refractivity contribution is 0.276. The van der Waals surface area contributed by atoms with Crippen LogP contribution in [0.3, 0.4) is 0 Å². The lowest BCUT2D eigenvalue weighted by Crippen LogP contribution is -2.53. The zero-order valence-electron chi connectivity index (χ0n) is 9.47. The number of hydrogen-bond acceptors (Lipinski definition) is 2. The third kappa shape index (κ3) is 1.98. The molecule has 1 saturated heterocycles. The normalized spacial score (nSPS) is 18.8. The molecule has 1 aromatic rings. The summed E-state index contributed by atoms with van der Waals surface area (Å²) >= 11 is 3.60. The van der Waals surface area contributed by atoms with E-state index in [4.69, 9.17) is 5.73 Å². The Hall–Kier alpha value is -0.700. The fourth-order valence-corrected chi connectivity index (χ4v) is 2.79. The molecule has 1 heterocycles. The maximum atomic E-state index is 5.93. The number of nitrogen functional groups attached to an aromatic ring is 1. The monoisotopic (exact) mass is 268 g/mol. The molecule has 1 aliphatic heterocycles. The van der Waals surface area contributed by atoms with Crippen LogP contribution in [0.1, 0.15) is 19.4 Å². The molecule has 2 rings (SSSR count). The van der Waals surface area contributed by atoms with E-state index >= 15 is 0 Å². The van der Waals surface area contributed by atoms with Gasteiger partial charge in [-0.15, -0.1) is 0 Å². The van der Waals surface area contributed by atoms with E-state index in [1.54, 1.807) is 0 Å². The number of nitrogens with two attached hydrogens (primary N) is 1. The highest BCUT2D eigenvalue weighted by molar-refractivity contribution is 9.10. The lowest BCUT2D eigenvalue weighted by atomic mass is 9.84. The Kier molecular flexibility index (Phi) is 2.45. The highest BCUT2D eigenvalue weighted by Crippen LogP contribution is 2.39. The van der Waals surface area contributed by atoms with E-state index < -0.39 is 0 Å². The molecule has 15 heavy (non-hydrogen) atoms. The average molecular weight is 269 g/mol. The standard InChI is InChI=1S/C12H17BrN2/c1-8-4-9(13)11(5-10(8)14)15-6-12(2,3)7-15/h4-5H,6-7,14H2,1-3H3. The Morgan fingerprint density at radius 2 is 1.93 bits per heavy atom. The predicted octanol–water partition coefficient (Wildman–Crippen LogP) is 3.19. The maximum absolute atomic E-state index is 5.93. The van der Waals surface area contributed by atoms with Crippen LogP contribution in [0.2, 0.25) is 0 Å². The van der Waals surface area contributed by atoms with Crippen molar-refractivity contribution in [1.29, 1.82) is 0 Å². The molecule has 2 N–H and O–H groups in total. The van der Waals surface area contributed by atoms with Crippen LogP contribution in [0.25, 0.3) is 0 Å². The van der Waals surface area contributed by atoms with Crippen LogP contribution >= 0.6 is 15.9 Å². The summed E-state index contributed by atoms with van der Waals surface area (Å²) in [6.07, 6.45) is 0. The summed E-state index contributed by atoms with van der Waals surface area (Å²) in [6.45, 7) is 8.82. The lowest BCUT2D eigenvalue weighted by Gasteiger charge is -2.47. The van der Waals surface area contributed by atoms with Gasteiger partial charge in [-0.3, -0.25) is 0 Å². The molecule has 0 aromatic heterocycles. The smallest absolute Gasteiger partial charge is 0.0531 e. The van der Waals surface area contributed by atoms with E-state index in [2.05, 4.69) is 46.8 Å². The molecule has 1 aliphatic rings. The van der Waals surface area contributed by atoms with Gasteiger partial charge in [0.2, 0.25) is 0 Å². The van der Waals surface area contributed by atoms with Crippen molar-refractivity contribution in [3.8, 4) is 0 Å². The average Bonchev–Trinajstić information content (AvgIpc) is 2.07. The predicted molar refractivity (Wildman–Crippen MR) is 69.3 cm³/mol. The Balaban J connectivity index is 2.27. The van der Waals surface area contributed by atoms with Crippen molar-refractivity contribution in [2.24, 2.45) is 5.41 Å². The fourth-order valence-electron chi connectivity index (χ4n) is 2.08. The van der Waals surface area contributed by atoms with Crippen LogP contribution in [0.4, 0.5) is 11.4 Å². The second-order valence-corrected chi connectivity index (χ2v) is 6.03. The highest BCUT2D eigenvalue weighted by Gasteiger charge is 2.35. The first-order valence-corrected chi connectivity index (χ1v) is 5.99. The van der Waals surface area contributed by atoms with Crippen molar-refractivity contribution >= 4 is 27.3 Å². The molecule has 0 bridgehead atoms. The van der Waals surface area contributed by atoms with Gasteiger partial charge >= 0.3 is 0 Å². The molecule has 0 saturated carbocycles. The topological polar surface area (TPSA) is 29.3 Å². The summed E-state index contributed by atoms with van der Waals surface area (Å²) in [5.74, 6) is 0. The first kappa shape index (κ1) is 10.8. The Morgan fingerprint density at radius 3 is 2.47 bits per heavy atom. The van der Waals surface area contributed by atoms with Crippen LogP contribution in [0, 0.1) is 12.3 Å². The molecule has 3 heteroatoms. The quantitative estimate of drug-likeness (QED) is 0.793. The molecule has 0 radical (unpaired) electrons. The largest absolute Gasteiger partial charge is 0.398 e. The van der Waals surface area contributed by atoms with E-state index in [1.807, 2.05) is 6.92 Å². The Morgan fingerprint density at radius 1 is 1.33 bits per heavy atom. The van der Waals surface area contributed by atoms with Crippen molar-refractivity contribution in [1.82, 2.24) is 0 Å². The van der Waals surface area contributed by atoms with Gasteiger partial charge in [-0.25, -0.2) is 0 Å². The van der Waals surface area contributed by atoms with Gasteiger partial charge in [0.05, 0.1) is 5.69 Å². The number of rotatable bonds is 1. The minimum absolute atomic E-state index is 0.444. The van der Waals surface area contributed by atoms with Crippen molar-refractivity contribution < 1.29 is 0 Å². The van der Waals surface area contributed by atoms with Crippen LogP contribution in [0.15, 0.2) is 16.6 Å². The Bertz CT molecular complexity index is 391. The molecule has 0 atom stereocenters. The third-order valence-corrected chi connectivity index (χ3v) is 3.55. The molecule has 82 valence electrons. The molecule has 1 aromatic carbocycles. The number of anilines is 2. The number of halogens is 1. The zero-order chi connectivity index (χ0) is 11.2. The van der Waals surface area contributed by atoms with Crippen molar-refractivity contribution in [3.63, 3.8) is 0 Å². The zero-order valence-corrected chi connectivity index (χ0v) is 11.1. The summed E-state index contributed by atoms with van der Waals surface area (Å²) in [4.78, 5) is 2.36. The van der Waals surface area contributed by atoms with Gasteiger partial charge in [-0.1, -0.05) is 13.8 Å². The number of hydrogen-bond donors (Lipinski definition) is 1. The highest BCUT2D eigenvalue weighted by atomic mass is 79.9. The molecular formula is C12H17BrN2. The van der Waals surface area contributed by atoms with Gasteiger partial charge in [0.15, 0.2) is 0 Å².